The lowest BCUT2D eigenvalue weighted by Crippen LogP contribution is -2.46. The summed E-state index contributed by atoms with van der Waals surface area (Å²) < 4.78 is 64.9. The van der Waals surface area contributed by atoms with Crippen molar-refractivity contribution in [3.05, 3.63) is 59.9 Å². The molecule has 34 heavy (non-hydrogen) atoms. The summed E-state index contributed by atoms with van der Waals surface area (Å²) in [4.78, 5) is 5.21. The molecule has 2 heterocycles. The second-order valence-electron chi connectivity index (χ2n) is 9.13. The molecule has 186 valence electrons. The van der Waals surface area contributed by atoms with Crippen LogP contribution in [0.15, 0.2) is 58.3 Å². The highest BCUT2D eigenvalue weighted by Gasteiger charge is 2.31. The van der Waals surface area contributed by atoms with Crippen molar-refractivity contribution < 1.29 is 21.2 Å². The number of benzene rings is 2. The molecular weight excluding hydrogens is 477 g/mol. The maximum atomic E-state index is 13.2. The minimum Gasteiger partial charge on any atom is -0.299 e. The second kappa shape index (κ2) is 10.4. The molecule has 2 aromatic carbocycles. The monoisotopic (exact) mass is 509 g/mol. The molecular formula is C24H32FN3O4S2. The van der Waals surface area contributed by atoms with E-state index in [9.17, 15) is 21.2 Å². The Morgan fingerprint density at radius 3 is 2.21 bits per heavy atom. The van der Waals surface area contributed by atoms with Crippen LogP contribution < -0.4 is 0 Å². The largest absolute Gasteiger partial charge is 0.299 e. The number of sulfonamides is 1. The first kappa shape index (κ1) is 25.2. The molecule has 10 heteroatoms. The van der Waals surface area contributed by atoms with Crippen LogP contribution in [0.25, 0.3) is 0 Å². The summed E-state index contributed by atoms with van der Waals surface area (Å²) in [6.07, 6.45) is 3.93. The van der Waals surface area contributed by atoms with Crippen molar-refractivity contribution >= 4 is 19.9 Å². The molecule has 0 amide bonds. The Hall–Kier alpha value is -1.85. The van der Waals surface area contributed by atoms with Crippen LogP contribution in [0, 0.1) is 5.82 Å². The third-order valence-electron chi connectivity index (χ3n) is 6.78. The molecule has 0 radical (unpaired) electrons. The van der Waals surface area contributed by atoms with E-state index >= 15 is 0 Å². The minimum absolute atomic E-state index is 0.130. The first-order chi connectivity index (χ1) is 16.1. The topological polar surface area (TPSA) is 78.0 Å². The van der Waals surface area contributed by atoms with Gasteiger partial charge < -0.3 is 0 Å². The molecule has 2 aromatic rings. The highest BCUT2D eigenvalue weighted by atomic mass is 32.2. The lowest BCUT2D eigenvalue weighted by molar-refractivity contribution is 0.108. The third-order valence-corrected chi connectivity index (χ3v) is 9.89. The molecule has 4 rings (SSSR count). The van der Waals surface area contributed by atoms with Gasteiger partial charge in [-0.3, -0.25) is 9.80 Å². The zero-order valence-electron chi connectivity index (χ0n) is 19.4. The summed E-state index contributed by atoms with van der Waals surface area (Å²) in [5.74, 6) is -0.452. The van der Waals surface area contributed by atoms with Gasteiger partial charge in [0.05, 0.1) is 9.79 Å². The summed E-state index contributed by atoms with van der Waals surface area (Å²) >= 11 is 0. The number of piperidine rings is 1. The zero-order valence-corrected chi connectivity index (χ0v) is 21.1. The number of halogens is 1. The van der Waals surface area contributed by atoms with Crippen LogP contribution in [0.3, 0.4) is 0 Å². The quantitative estimate of drug-likeness (QED) is 0.596. The fourth-order valence-corrected chi connectivity index (χ4v) is 7.36. The molecule has 0 aromatic heterocycles. The Morgan fingerprint density at radius 2 is 1.53 bits per heavy atom. The van der Waals surface area contributed by atoms with Gasteiger partial charge >= 0.3 is 0 Å². The van der Waals surface area contributed by atoms with Crippen molar-refractivity contribution in [2.45, 2.75) is 41.6 Å². The summed E-state index contributed by atoms with van der Waals surface area (Å²) in [5, 5.41) is 0. The average Bonchev–Trinajstić information content (AvgIpc) is 3.07. The third kappa shape index (κ3) is 5.85. The van der Waals surface area contributed by atoms with E-state index < -0.39 is 25.7 Å². The summed E-state index contributed by atoms with van der Waals surface area (Å²) in [7, 11) is -6.90. The highest BCUT2D eigenvalue weighted by Crippen LogP contribution is 2.24. The molecule has 2 saturated heterocycles. The number of sulfone groups is 1. The maximum Gasteiger partial charge on any atom is 0.243 e. The molecule has 0 aliphatic carbocycles. The van der Waals surface area contributed by atoms with E-state index in [-0.39, 0.29) is 4.90 Å². The minimum atomic E-state index is -3.63. The van der Waals surface area contributed by atoms with Crippen LogP contribution in [0.2, 0.25) is 0 Å². The van der Waals surface area contributed by atoms with E-state index in [1.807, 2.05) is 12.1 Å². The van der Waals surface area contributed by atoms with E-state index in [4.69, 9.17) is 0 Å². The first-order valence-electron chi connectivity index (χ1n) is 11.6. The second-order valence-corrected chi connectivity index (χ2v) is 13.1. The molecule has 2 aliphatic heterocycles. The van der Waals surface area contributed by atoms with E-state index in [1.165, 1.54) is 34.8 Å². The van der Waals surface area contributed by atoms with Crippen LogP contribution in [-0.4, -0.2) is 82.5 Å². The smallest absolute Gasteiger partial charge is 0.243 e. The summed E-state index contributed by atoms with van der Waals surface area (Å²) in [5.41, 5.74) is 0.833. The van der Waals surface area contributed by atoms with E-state index in [0.717, 1.165) is 44.5 Å². The molecule has 0 N–H and O–H groups in total. The van der Waals surface area contributed by atoms with Crippen molar-refractivity contribution in [2.24, 2.45) is 0 Å². The summed E-state index contributed by atoms with van der Waals surface area (Å²) in [6, 6.07) is 12.6. The molecule has 0 saturated carbocycles. The van der Waals surface area contributed by atoms with Crippen molar-refractivity contribution in [2.75, 3.05) is 45.5 Å². The van der Waals surface area contributed by atoms with Crippen LogP contribution >= 0.6 is 0 Å². The van der Waals surface area contributed by atoms with Crippen molar-refractivity contribution in [1.82, 2.24) is 14.1 Å². The van der Waals surface area contributed by atoms with Crippen molar-refractivity contribution in [3.63, 3.8) is 0 Å². The van der Waals surface area contributed by atoms with Crippen LogP contribution in [0.5, 0.6) is 0 Å². The first-order valence-corrected chi connectivity index (χ1v) is 15.0. The van der Waals surface area contributed by atoms with Crippen molar-refractivity contribution in [3.8, 4) is 0 Å². The van der Waals surface area contributed by atoms with Crippen molar-refractivity contribution in [1.29, 1.82) is 0 Å². The number of hydrogen-bond acceptors (Lipinski definition) is 6. The molecule has 0 spiro atoms. The predicted molar refractivity (Wildman–Crippen MR) is 129 cm³/mol. The lowest BCUT2D eigenvalue weighted by atomic mass is 10.0. The molecule has 7 nitrogen and oxygen atoms in total. The van der Waals surface area contributed by atoms with Gasteiger partial charge in [0.1, 0.15) is 5.82 Å². The fraction of sp³-hybridized carbons (Fsp3) is 0.500. The Balaban J connectivity index is 1.33. The molecule has 2 fully saturated rings. The normalized spacial score (nSPS) is 20.3. The molecule has 0 atom stereocenters. The Bertz CT molecular complexity index is 1190. The van der Waals surface area contributed by atoms with Gasteiger partial charge in [0.15, 0.2) is 9.84 Å². The zero-order chi connectivity index (χ0) is 24.3. The molecule has 0 unspecified atom stereocenters. The number of likely N-dealkylation sites (tertiary alicyclic amines) is 1. The van der Waals surface area contributed by atoms with Crippen LogP contribution in [-0.2, 0) is 26.4 Å². The van der Waals surface area contributed by atoms with Gasteiger partial charge in [0.25, 0.3) is 0 Å². The molecule has 2 aliphatic rings. The Morgan fingerprint density at radius 1 is 0.853 bits per heavy atom. The van der Waals surface area contributed by atoms with Gasteiger partial charge in [0.2, 0.25) is 10.0 Å². The van der Waals surface area contributed by atoms with E-state index in [0.29, 0.717) is 37.1 Å². The van der Waals surface area contributed by atoms with Gasteiger partial charge in [0, 0.05) is 38.5 Å². The van der Waals surface area contributed by atoms with Crippen LogP contribution in [0.4, 0.5) is 4.39 Å². The standard InChI is InChI=1S/C24H32FN3O4S2/c1-33(29,30)24-6-3-2-5-20(24)19-26-15-11-22(12-16-26)27-13-4-14-28(18-17-27)34(31,32)23-9-7-21(25)8-10-23/h2-3,5-10,22H,4,11-19H2,1H3. The Kier molecular flexibility index (Phi) is 7.73. The van der Waals surface area contributed by atoms with E-state index in [1.54, 1.807) is 12.1 Å². The van der Waals surface area contributed by atoms with Gasteiger partial charge in [-0.1, -0.05) is 18.2 Å². The predicted octanol–water partition coefficient (Wildman–Crippen LogP) is 2.59. The van der Waals surface area contributed by atoms with Gasteiger partial charge in [-0.2, -0.15) is 4.31 Å². The maximum absolute atomic E-state index is 13.2. The van der Waals surface area contributed by atoms with E-state index in [2.05, 4.69) is 9.80 Å². The summed E-state index contributed by atoms with van der Waals surface area (Å²) in [6.45, 7) is 4.74. The van der Waals surface area contributed by atoms with Crippen LogP contribution in [0.1, 0.15) is 24.8 Å². The number of hydrogen-bond donors (Lipinski definition) is 0. The fourth-order valence-electron chi connectivity index (χ4n) is 4.95. The van der Waals surface area contributed by atoms with Gasteiger partial charge in [-0.25, -0.2) is 21.2 Å². The number of nitrogens with zero attached hydrogens (tertiary/aromatic N) is 3. The van der Waals surface area contributed by atoms with Gasteiger partial charge in [-0.05, 0) is 74.8 Å². The van der Waals surface area contributed by atoms with Gasteiger partial charge in [-0.15, -0.1) is 0 Å². The Labute approximate surface area is 202 Å². The lowest BCUT2D eigenvalue weighted by Gasteiger charge is -2.38. The highest BCUT2D eigenvalue weighted by molar-refractivity contribution is 7.90. The number of rotatable bonds is 6. The average molecular weight is 510 g/mol. The SMILES string of the molecule is CS(=O)(=O)c1ccccc1CN1CCC(N2CCCN(S(=O)(=O)c3ccc(F)cc3)CC2)CC1. The molecule has 0 bridgehead atoms.